The van der Waals surface area contributed by atoms with Crippen molar-refractivity contribution in [1.82, 2.24) is 0 Å². The second-order valence-corrected chi connectivity index (χ2v) is 5.86. The highest BCUT2D eigenvalue weighted by atomic mass is 32.1. The molecule has 0 aliphatic rings. The number of hydrogen-bond acceptors (Lipinski definition) is 1. The fraction of sp³-hybridized carbons (Fsp3) is 0.692. The number of thiophene rings is 1. The summed E-state index contributed by atoms with van der Waals surface area (Å²) in [6.45, 7) is 15.4. The average Bonchev–Trinajstić information content (AvgIpc) is 2.52. The van der Waals surface area contributed by atoms with E-state index in [0.717, 1.165) is 0 Å². The van der Waals surface area contributed by atoms with Gasteiger partial charge in [-0.25, -0.2) is 0 Å². The first-order chi connectivity index (χ1) is 6.41. The Kier molecular flexibility index (Phi) is 5.43. The SMILES string of the molecule is CC.Cc1ccc([C@H](C)C(C)(C)C)s1. The molecule has 1 rings (SSSR count). The summed E-state index contributed by atoms with van der Waals surface area (Å²) >= 11 is 1.92. The van der Waals surface area contributed by atoms with Crippen molar-refractivity contribution in [3.8, 4) is 0 Å². The van der Waals surface area contributed by atoms with Crippen molar-refractivity contribution in [2.75, 3.05) is 0 Å². The van der Waals surface area contributed by atoms with Gasteiger partial charge in [0.1, 0.15) is 0 Å². The fourth-order valence-electron chi connectivity index (χ4n) is 1.11. The average molecular weight is 212 g/mol. The molecule has 1 aromatic heterocycles. The molecule has 0 amide bonds. The van der Waals surface area contributed by atoms with Gasteiger partial charge in [-0.1, -0.05) is 41.5 Å². The summed E-state index contributed by atoms with van der Waals surface area (Å²) in [6.07, 6.45) is 0. The van der Waals surface area contributed by atoms with Crippen LogP contribution >= 0.6 is 11.3 Å². The van der Waals surface area contributed by atoms with Crippen LogP contribution in [-0.4, -0.2) is 0 Å². The number of hydrogen-bond donors (Lipinski definition) is 0. The maximum atomic E-state index is 2.31. The third kappa shape index (κ3) is 3.83. The van der Waals surface area contributed by atoms with E-state index >= 15 is 0 Å². The molecule has 82 valence electrons. The van der Waals surface area contributed by atoms with Crippen LogP contribution in [0.1, 0.15) is 57.2 Å². The molecule has 0 fully saturated rings. The van der Waals surface area contributed by atoms with Crippen LogP contribution in [0.15, 0.2) is 12.1 Å². The van der Waals surface area contributed by atoms with Crippen LogP contribution in [0, 0.1) is 12.3 Å². The van der Waals surface area contributed by atoms with E-state index in [-0.39, 0.29) is 0 Å². The van der Waals surface area contributed by atoms with Crippen LogP contribution < -0.4 is 0 Å². The fourth-order valence-corrected chi connectivity index (χ4v) is 2.29. The summed E-state index contributed by atoms with van der Waals surface area (Å²) in [6, 6.07) is 4.47. The Morgan fingerprint density at radius 1 is 1.14 bits per heavy atom. The first-order valence-electron chi connectivity index (χ1n) is 5.47. The molecule has 0 aromatic carbocycles. The quantitative estimate of drug-likeness (QED) is 0.598. The van der Waals surface area contributed by atoms with Gasteiger partial charge in [-0.2, -0.15) is 0 Å². The van der Waals surface area contributed by atoms with E-state index in [4.69, 9.17) is 0 Å². The number of aryl methyl sites for hydroxylation is 1. The van der Waals surface area contributed by atoms with Gasteiger partial charge in [0.2, 0.25) is 0 Å². The van der Waals surface area contributed by atoms with Gasteiger partial charge in [0.05, 0.1) is 0 Å². The van der Waals surface area contributed by atoms with Gasteiger partial charge in [0.25, 0.3) is 0 Å². The molecular weight excluding hydrogens is 188 g/mol. The van der Waals surface area contributed by atoms with Crippen molar-refractivity contribution in [1.29, 1.82) is 0 Å². The second kappa shape index (κ2) is 5.55. The topological polar surface area (TPSA) is 0 Å². The Labute approximate surface area is 93.4 Å². The summed E-state index contributed by atoms with van der Waals surface area (Å²) in [5.74, 6) is 0.663. The van der Waals surface area contributed by atoms with E-state index < -0.39 is 0 Å². The Morgan fingerprint density at radius 2 is 1.64 bits per heavy atom. The molecule has 1 aromatic rings. The normalized spacial score (nSPS) is 13.1. The zero-order chi connectivity index (χ0) is 11.4. The zero-order valence-electron chi connectivity index (χ0n) is 10.6. The molecule has 0 aliphatic carbocycles. The summed E-state index contributed by atoms with van der Waals surface area (Å²) in [5, 5.41) is 0. The number of rotatable bonds is 1. The largest absolute Gasteiger partial charge is 0.145 e. The van der Waals surface area contributed by atoms with E-state index in [0.29, 0.717) is 11.3 Å². The monoisotopic (exact) mass is 212 g/mol. The lowest BCUT2D eigenvalue weighted by Gasteiger charge is -2.26. The Balaban J connectivity index is 0.000000791. The van der Waals surface area contributed by atoms with E-state index in [1.54, 1.807) is 0 Å². The zero-order valence-corrected chi connectivity index (χ0v) is 11.5. The van der Waals surface area contributed by atoms with E-state index in [1.165, 1.54) is 9.75 Å². The Hall–Kier alpha value is -0.300. The molecule has 1 heterocycles. The van der Waals surface area contributed by atoms with Gasteiger partial charge >= 0.3 is 0 Å². The molecule has 0 spiro atoms. The highest BCUT2D eigenvalue weighted by Gasteiger charge is 2.22. The van der Waals surface area contributed by atoms with E-state index in [9.17, 15) is 0 Å². The van der Waals surface area contributed by atoms with Crippen molar-refractivity contribution < 1.29 is 0 Å². The predicted octanol–water partition coefficient (Wildman–Crippen LogP) is 5.23. The summed E-state index contributed by atoms with van der Waals surface area (Å²) < 4.78 is 0. The molecular formula is C13H24S. The molecule has 0 aliphatic heterocycles. The predicted molar refractivity (Wildman–Crippen MR) is 68.3 cm³/mol. The van der Waals surface area contributed by atoms with Gasteiger partial charge < -0.3 is 0 Å². The Bertz CT molecular complexity index is 252. The highest BCUT2D eigenvalue weighted by molar-refractivity contribution is 7.12. The highest BCUT2D eigenvalue weighted by Crippen LogP contribution is 2.37. The van der Waals surface area contributed by atoms with Crippen LogP contribution in [0.3, 0.4) is 0 Å². The molecule has 0 radical (unpaired) electrons. The molecule has 14 heavy (non-hydrogen) atoms. The van der Waals surface area contributed by atoms with E-state index in [2.05, 4.69) is 46.8 Å². The van der Waals surface area contributed by atoms with Crippen molar-refractivity contribution in [3.63, 3.8) is 0 Å². The van der Waals surface area contributed by atoms with Gasteiger partial charge in [-0.05, 0) is 30.4 Å². The van der Waals surface area contributed by atoms with Gasteiger partial charge in [-0.3, -0.25) is 0 Å². The van der Waals surface area contributed by atoms with Gasteiger partial charge in [0, 0.05) is 9.75 Å². The Morgan fingerprint density at radius 3 is 1.93 bits per heavy atom. The molecule has 0 saturated carbocycles. The molecule has 0 nitrogen and oxygen atoms in total. The van der Waals surface area contributed by atoms with Crippen molar-refractivity contribution in [2.45, 2.75) is 54.4 Å². The molecule has 1 atom stereocenters. The first-order valence-corrected chi connectivity index (χ1v) is 6.29. The maximum absolute atomic E-state index is 2.31. The van der Waals surface area contributed by atoms with Crippen molar-refractivity contribution in [2.24, 2.45) is 5.41 Å². The van der Waals surface area contributed by atoms with Crippen molar-refractivity contribution >= 4 is 11.3 Å². The minimum absolute atomic E-state index is 0.386. The molecule has 0 unspecified atom stereocenters. The molecule has 0 bridgehead atoms. The standard InChI is InChI=1S/C11H18S.C2H6/c1-8-6-7-10(12-8)9(2)11(3,4)5;1-2/h6-7,9H,1-5H3;1-2H3/t9-;/m0./s1. The third-order valence-corrected chi connectivity index (χ3v) is 3.67. The van der Waals surface area contributed by atoms with Crippen LogP contribution in [0.2, 0.25) is 0 Å². The van der Waals surface area contributed by atoms with Crippen LogP contribution in [0.5, 0.6) is 0 Å². The van der Waals surface area contributed by atoms with Gasteiger partial charge in [0.15, 0.2) is 0 Å². The first kappa shape index (κ1) is 13.7. The van der Waals surface area contributed by atoms with Gasteiger partial charge in [-0.15, -0.1) is 11.3 Å². The minimum Gasteiger partial charge on any atom is -0.145 e. The van der Waals surface area contributed by atoms with Crippen LogP contribution in [0.4, 0.5) is 0 Å². The van der Waals surface area contributed by atoms with Crippen molar-refractivity contribution in [3.05, 3.63) is 21.9 Å². The summed E-state index contributed by atoms with van der Waals surface area (Å²) in [4.78, 5) is 2.93. The lowest BCUT2D eigenvalue weighted by Crippen LogP contribution is -2.13. The van der Waals surface area contributed by atoms with Crippen LogP contribution in [0.25, 0.3) is 0 Å². The minimum atomic E-state index is 0.386. The lowest BCUT2D eigenvalue weighted by molar-refractivity contribution is 0.343. The molecule has 0 N–H and O–H groups in total. The lowest BCUT2D eigenvalue weighted by atomic mass is 9.81. The molecule has 1 heteroatoms. The maximum Gasteiger partial charge on any atom is 0.00814 e. The smallest absolute Gasteiger partial charge is 0.00814 e. The van der Waals surface area contributed by atoms with E-state index in [1.807, 2.05) is 25.2 Å². The molecule has 0 saturated heterocycles. The summed E-state index contributed by atoms with van der Waals surface area (Å²) in [5.41, 5.74) is 0.386. The third-order valence-electron chi connectivity index (χ3n) is 2.49. The summed E-state index contributed by atoms with van der Waals surface area (Å²) in [7, 11) is 0. The second-order valence-electron chi connectivity index (χ2n) is 4.54. The van der Waals surface area contributed by atoms with Crippen LogP contribution in [-0.2, 0) is 0 Å².